The Bertz CT molecular complexity index is 5790. The van der Waals surface area contributed by atoms with Crippen LogP contribution in [0.25, 0.3) is 33.4 Å². The summed E-state index contributed by atoms with van der Waals surface area (Å²) in [5.41, 5.74) is 6.74. The fourth-order valence-electron chi connectivity index (χ4n) is 17.2. The van der Waals surface area contributed by atoms with E-state index in [-0.39, 0.29) is 61.5 Å². The molecule has 134 heavy (non-hydrogen) atoms. The van der Waals surface area contributed by atoms with Crippen molar-refractivity contribution in [2.75, 3.05) is 52.9 Å². The molecular weight excluding hydrogens is 1720 g/mol. The summed E-state index contributed by atoms with van der Waals surface area (Å²) < 4.78 is 69.7. The number of hydrogen-bond acceptors (Lipinski definition) is 24. The van der Waals surface area contributed by atoms with Gasteiger partial charge in [0.05, 0.1) is 56.8 Å². The maximum atomic E-state index is 14.6. The molecule has 0 saturated heterocycles. The van der Waals surface area contributed by atoms with Gasteiger partial charge in [-0.15, -0.1) is 0 Å². The zero-order valence-corrected chi connectivity index (χ0v) is 72.1. The Morgan fingerprint density at radius 3 is 0.791 bits per heavy atom. The maximum absolute atomic E-state index is 14.6. The summed E-state index contributed by atoms with van der Waals surface area (Å²) in [6, 6.07) is 67.6. The largest absolute Gasteiger partial charge is 0.490 e. The van der Waals surface area contributed by atoms with E-state index in [9.17, 15) is 78.0 Å². The van der Waals surface area contributed by atoms with Crippen molar-refractivity contribution < 1.29 is 135 Å². The Morgan fingerprint density at radius 2 is 0.545 bits per heavy atom. The lowest BCUT2D eigenvalue weighted by molar-refractivity contribution is -0.167. The van der Waals surface area contributed by atoms with Gasteiger partial charge in [0.2, 0.25) is 0 Å². The number of fused-ring (bicyclic) bond motifs is 6. The Hall–Kier alpha value is -16.5. The highest BCUT2D eigenvalue weighted by molar-refractivity contribution is 6.06. The average molecular weight is 1810 g/mol. The fourth-order valence-corrected chi connectivity index (χ4v) is 17.2. The number of allylic oxidation sites excluding steroid dienone is 4. The third kappa shape index (κ3) is 20.5. The molecule has 10 aromatic carbocycles. The SMILES string of the molecule is C=CC(=O)OCC(COc1ccc(C2(c3ccc(OCC(COC(=O)C=C)OC(=O)C4CC=CCC4C(=O)O)cc3)c3ccccc3-c3ccccc32)cc1)OC(=O)c1cc(-c2ccc(C(=O)O)c(C(=O)OC(COC(=O)C=C)COc3ccc(C4(c5ccc(OCC(COC(=O)C=C)OC(=O)C6CC=CCC6C(=O)O)cc5)c5ccccc5-c5ccccc54)cc3)c2)ccc1C(=O)O. The number of ether oxygens (including phenoxy) is 12. The Labute approximate surface area is 768 Å². The van der Waals surface area contributed by atoms with Gasteiger partial charge in [-0.2, -0.15) is 0 Å². The molecule has 0 fully saturated rings. The number of carbonyl (C=O) groups excluding carboxylic acids is 8. The quantitative estimate of drug-likeness (QED) is 0.0120. The van der Waals surface area contributed by atoms with Gasteiger partial charge in [-0.1, -0.05) is 208 Å². The number of benzene rings is 10. The van der Waals surface area contributed by atoms with Crippen molar-refractivity contribution in [3.63, 3.8) is 0 Å². The van der Waals surface area contributed by atoms with Crippen LogP contribution in [0.3, 0.4) is 0 Å². The number of rotatable bonds is 41. The van der Waals surface area contributed by atoms with Crippen LogP contribution < -0.4 is 18.9 Å². The highest BCUT2D eigenvalue weighted by Gasteiger charge is 2.49. The zero-order valence-electron chi connectivity index (χ0n) is 72.1. The maximum Gasteiger partial charge on any atom is 0.339 e. The second-order valence-electron chi connectivity index (χ2n) is 31.7. The Morgan fingerprint density at radius 1 is 0.299 bits per heavy atom. The van der Waals surface area contributed by atoms with Gasteiger partial charge in [0.1, 0.15) is 75.9 Å². The first kappa shape index (κ1) is 93.6. The summed E-state index contributed by atoms with van der Waals surface area (Å²) in [4.78, 5) is 156. The van der Waals surface area contributed by atoms with E-state index in [4.69, 9.17) is 56.8 Å². The lowest BCUT2D eigenvalue weighted by Crippen LogP contribution is -2.37. The molecule has 14 rings (SSSR count). The first-order valence-electron chi connectivity index (χ1n) is 42.7. The predicted molar refractivity (Wildman–Crippen MR) is 484 cm³/mol. The first-order chi connectivity index (χ1) is 64.8. The molecule has 0 radical (unpaired) electrons. The standard InChI is InChI=1S/C106H90O28/c1-5-93(107)127-59-73(131-101(119)85-27-11-9-25-81(85)97(111)112)55-123-69-43-35-65(36-44-69)105(89-29-17-13-21-77(89)78-22-14-18-30-90(78)105)67-39-47-71(48-40-67)125-57-75(61-129-95(109)7-3)133-103(121)87-53-63(33-51-83(87)99(115)116)64-34-52-84(100(117)118)88(54-64)104(122)134-76(62-130-96(110)8-4)58-126-72-49-41-68(42-50-72)106(91-31-19-15-23-79(91)80-24-16-20-32-92(80)106)66-37-45-70(46-38-66)124-56-74(60-128-94(108)6-2)132-102(120)86-28-12-10-26-82(86)98(113)114/h5-24,29-54,73-76,81-82,85-86H,1-4,25-28,55-62H2,(H,111,112)(H,113,114)(H,115,116)(H,117,118). The van der Waals surface area contributed by atoms with E-state index in [2.05, 4.69) is 26.3 Å². The van der Waals surface area contributed by atoms with Gasteiger partial charge < -0.3 is 77.3 Å². The van der Waals surface area contributed by atoms with E-state index < -0.39 is 192 Å². The van der Waals surface area contributed by atoms with Crippen molar-refractivity contribution in [2.24, 2.45) is 23.7 Å². The summed E-state index contributed by atoms with van der Waals surface area (Å²) in [5.74, 6) is -15.6. The summed E-state index contributed by atoms with van der Waals surface area (Å²) in [6.45, 7) is 10.2. The molecule has 0 saturated carbocycles. The molecule has 0 aromatic heterocycles. The second-order valence-corrected chi connectivity index (χ2v) is 31.7. The minimum Gasteiger partial charge on any atom is -0.490 e. The summed E-state index contributed by atoms with van der Waals surface area (Å²) in [6.07, 6.45) is 5.93. The van der Waals surface area contributed by atoms with Crippen LogP contribution >= 0.6 is 0 Å². The van der Waals surface area contributed by atoms with E-state index in [0.29, 0.717) is 11.5 Å². The number of esters is 8. The van der Waals surface area contributed by atoms with Crippen molar-refractivity contribution in [3.8, 4) is 56.4 Å². The van der Waals surface area contributed by atoms with Crippen molar-refractivity contribution in [3.05, 3.63) is 372 Å². The molecule has 0 amide bonds. The molecule has 28 nitrogen and oxygen atoms in total. The number of aromatic carboxylic acids is 2. The highest BCUT2D eigenvalue weighted by atomic mass is 16.6. The molecule has 28 heteroatoms. The summed E-state index contributed by atoms with van der Waals surface area (Å²) >= 11 is 0. The molecule has 10 aromatic rings. The molecule has 0 bridgehead atoms. The Kier molecular flexibility index (Phi) is 29.6. The number of carbonyl (C=O) groups is 12. The number of carboxylic acids is 4. The van der Waals surface area contributed by atoms with Crippen LogP contribution in [0.5, 0.6) is 23.0 Å². The van der Waals surface area contributed by atoms with Gasteiger partial charge in [-0.25, -0.2) is 38.4 Å². The molecule has 4 N–H and O–H groups in total. The smallest absolute Gasteiger partial charge is 0.339 e. The van der Waals surface area contributed by atoms with Gasteiger partial charge in [-0.05, 0) is 176 Å². The van der Waals surface area contributed by atoms with Gasteiger partial charge >= 0.3 is 71.6 Å². The van der Waals surface area contributed by atoms with Crippen molar-refractivity contribution in [2.45, 2.75) is 60.9 Å². The summed E-state index contributed by atoms with van der Waals surface area (Å²) in [5, 5.41) is 40.9. The molecule has 8 atom stereocenters. The molecular formula is C106H90O28. The van der Waals surface area contributed by atoms with Gasteiger partial charge in [0, 0.05) is 24.3 Å². The van der Waals surface area contributed by atoms with Gasteiger partial charge in [-0.3, -0.25) is 19.2 Å². The van der Waals surface area contributed by atoms with Crippen LogP contribution in [0, 0.1) is 23.7 Å². The van der Waals surface area contributed by atoms with Gasteiger partial charge in [0.15, 0.2) is 24.4 Å². The van der Waals surface area contributed by atoms with E-state index in [1.165, 1.54) is 12.1 Å². The Balaban J connectivity index is 0.678. The third-order valence-corrected chi connectivity index (χ3v) is 23.6. The van der Waals surface area contributed by atoms with Crippen LogP contribution in [0.1, 0.15) is 112 Å². The normalized spacial score (nSPS) is 16.3. The van der Waals surface area contributed by atoms with Crippen LogP contribution in [0.2, 0.25) is 0 Å². The first-order valence-corrected chi connectivity index (χ1v) is 42.7. The third-order valence-electron chi connectivity index (χ3n) is 23.6. The molecule has 8 unspecified atom stereocenters. The van der Waals surface area contributed by atoms with Gasteiger partial charge in [0.25, 0.3) is 0 Å². The molecule has 682 valence electrons. The van der Waals surface area contributed by atoms with Crippen molar-refractivity contribution in [1.29, 1.82) is 0 Å². The van der Waals surface area contributed by atoms with Crippen LogP contribution in [0.15, 0.2) is 305 Å². The molecule has 0 heterocycles. The van der Waals surface area contributed by atoms with Crippen LogP contribution in [0.4, 0.5) is 0 Å². The van der Waals surface area contributed by atoms with E-state index in [0.717, 1.165) is 115 Å². The van der Waals surface area contributed by atoms with E-state index in [1.807, 2.05) is 146 Å². The lowest BCUT2D eigenvalue weighted by atomic mass is 9.68. The fraction of sp³-hybridized carbons (Fsp3) is 0.208. The summed E-state index contributed by atoms with van der Waals surface area (Å²) in [7, 11) is 0. The topological polar surface area (TPSA) is 397 Å². The molecule has 0 spiro atoms. The van der Waals surface area contributed by atoms with Crippen LogP contribution in [-0.2, 0) is 87.1 Å². The zero-order chi connectivity index (χ0) is 94.7. The number of aliphatic carboxylic acids is 2. The number of carboxylic acid groups (broad SMARTS) is 4. The van der Waals surface area contributed by atoms with E-state index in [1.54, 1.807) is 72.8 Å². The highest BCUT2D eigenvalue weighted by Crippen LogP contribution is 2.58. The van der Waals surface area contributed by atoms with Crippen molar-refractivity contribution in [1.82, 2.24) is 0 Å². The number of hydrogen-bond donors (Lipinski definition) is 4. The average Bonchev–Trinajstić information content (AvgIpc) is 1.54. The minimum atomic E-state index is -1.56. The predicted octanol–water partition coefficient (Wildman–Crippen LogP) is 15.5. The molecule has 4 aliphatic rings. The molecule has 0 aliphatic heterocycles. The monoisotopic (exact) mass is 1810 g/mol. The van der Waals surface area contributed by atoms with Crippen LogP contribution in [-0.4, -0.2) is 169 Å². The van der Waals surface area contributed by atoms with Crippen molar-refractivity contribution >= 4 is 71.6 Å². The second kappa shape index (κ2) is 42.4. The minimum absolute atomic E-state index is 0.0791. The molecule has 4 aliphatic carbocycles. The lowest BCUT2D eigenvalue weighted by Gasteiger charge is -2.34. The van der Waals surface area contributed by atoms with E-state index >= 15 is 0 Å².